The fourth-order valence-corrected chi connectivity index (χ4v) is 3.52. The van der Waals surface area contributed by atoms with Crippen LogP contribution in [0.4, 0.5) is 10.5 Å². The number of halogens is 1. The summed E-state index contributed by atoms with van der Waals surface area (Å²) in [4.78, 5) is 52.8. The van der Waals surface area contributed by atoms with Gasteiger partial charge in [-0.15, -0.1) is 0 Å². The Bertz CT molecular complexity index is 1140. The van der Waals surface area contributed by atoms with Crippen LogP contribution in [0.25, 0.3) is 11.3 Å². The number of rotatable bonds is 7. The van der Waals surface area contributed by atoms with E-state index in [0.29, 0.717) is 34.3 Å². The van der Waals surface area contributed by atoms with Crippen LogP contribution in [0.3, 0.4) is 0 Å². The average molecular weight is 460 g/mol. The zero-order valence-electron chi connectivity index (χ0n) is 17.3. The molecule has 1 aliphatic carbocycles. The van der Waals surface area contributed by atoms with E-state index in [1.54, 1.807) is 25.1 Å². The van der Waals surface area contributed by atoms with E-state index in [2.05, 4.69) is 20.9 Å². The molecule has 1 atom stereocenters. The van der Waals surface area contributed by atoms with Gasteiger partial charge in [0.25, 0.3) is 5.56 Å². The van der Waals surface area contributed by atoms with Crippen molar-refractivity contribution in [2.24, 2.45) is 5.92 Å². The predicted molar refractivity (Wildman–Crippen MR) is 116 cm³/mol. The first-order chi connectivity index (χ1) is 15.3. The van der Waals surface area contributed by atoms with Gasteiger partial charge in [-0.3, -0.25) is 19.0 Å². The zero-order chi connectivity index (χ0) is 22.8. The lowest BCUT2D eigenvalue weighted by Gasteiger charge is -2.14. The Balaban J connectivity index is 1.50. The Morgan fingerprint density at radius 1 is 1.28 bits per heavy atom. The van der Waals surface area contributed by atoms with Crippen LogP contribution in [-0.4, -0.2) is 46.7 Å². The number of anilines is 1. The summed E-state index contributed by atoms with van der Waals surface area (Å²) in [6, 6.07) is 6.29. The smallest absolute Gasteiger partial charge is 0.407 e. The molecule has 0 spiro atoms. The fraction of sp³-hybridized carbons (Fsp3) is 0.381. The topological polar surface area (TPSA) is 131 Å². The summed E-state index contributed by atoms with van der Waals surface area (Å²) in [6.45, 7) is 1.86. The lowest BCUT2D eigenvalue weighted by atomic mass is 10.1. The minimum absolute atomic E-state index is 0.00609. The highest BCUT2D eigenvalue weighted by Gasteiger charge is 2.30. The molecule has 10 nitrogen and oxygen atoms in total. The third-order valence-corrected chi connectivity index (χ3v) is 5.47. The van der Waals surface area contributed by atoms with Crippen LogP contribution in [0.15, 0.2) is 29.1 Å². The van der Waals surface area contributed by atoms with E-state index in [1.807, 2.05) is 0 Å². The van der Waals surface area contributed by atoms with E-state index in [9.17, 15) is 19.2 Å². The van der Waals surface area contributed by atoms with Crippen molar-refractivity contribution in [2.45, 2.75) is 32.4 Å². The number of nitrogens with zero attached hydrogens (tertiary/aromatic N) is 2. The molecule has 168 valence electrons. The molecule has 3 amide bonds. The number of alkyl carbamates (subject to hydrolysis) is 1. The lowest BCUT2D eigenvalue weighted by Crippen LogP contribution is -2.38. The Morgan fingerprint density at radius 2 is 2.06 bits per heavy atom. The quantitative estimate of drug-likeness (QED) is 0.574. The van der Waals surface area contributed by atoms with Crippen LogP contribution in [0, 0.1) is 12.8 Å². The van der Waals surface area contributed by atoms with Gasteiger partial charge in [-0.1, -0.05) is 11.6 Å². The summed E-state index contributed by atoms with van der Waals surface area (Å²) in [5.74, 6) is -0.146. The highest BCUT2D eigenvalue weighted by Crippen LogP contribution is 2.33. The van der Waals surface area contributed by atoms with Crippen molar-refractivity contribution in [3.63, 3.8) is 0 Å². The minimum atomic E-state index is -0.522. The van der Waals surface area contributed by atoms with Crippen LogP contribution in [-0.2, 0) is 20.9 Å². The number of cyclic esters (lactones) is 1. The highest BCUT2D eigenvalue weighted by atomic mass is 35.5. The first kappa shape index (κ1) is 21.8. The fourth-order valence-electron chi connectivity index (χ4n) is 3.35. The van der Waals surface area contributed by atoms with E-state index < -0.39 is 23.7 Å². The summed E-state index contributed by atoms with van der Waals surface area (Å²) in [5, 5.41) is 8.46. The third-order valence-electron chi connectivity index (χ3n) is 5.24. The molecule has 3 N–H and O–H groups in total. The van der Waals surface area contributed by atoms with Crippen LogP contribution >= 0.6 is 11.6 Å². The summed E-state index contributed by atoms with van der Waals surface area (Å²) in [6.07, 6.45) is 0.748. The van der Waals surface area contributed by atoms with Crippen LogP contribution in [0.1, 0.15) is 18.7 Å². The number of hydrogen-bond donors (Lipinski definition) is 3. The van der Waals surface area contributed by atoms with Gasteiger partial charge in [-0.25, -0.2) is 9.78 Å². The Labute approximate surface area is 188 Å². The molecule has 0 bridgehead atoms. The maximum Gasteiger partial charge on any atom is 0.407 e. The number of carbonyl (C=O) groups is 3. The molecule has 2 aliphatic rings. The molecule has 2 aromatic rings. The van der Waals surface area contributed by atoms with Crippen molar-refractivity contribution >= 4 is 35.2 Å². The minimum Gasteiger partial charge on any atom is -0.442 e. The van der Waals surface area contributed by atoms with Gasteiger partial charge in [-0.2, -0.15) is 0 Å². The van der Waals surface area contributed by atoms with Gasteiger partial charge in [0.15, 0.2) is 0 Å². The van der Waals surface area contributed by atoms with Crippen molar-refractivity contribution < 1.29 is 19.1 Å². The standard InChI is InChI=1S/C21H22ClN5O5/c1-11-25-17(15-5-4-13(22)6-16(15)26-20(30)12-2-3-12)7-19(29)27(11)10-18(28)23-8-14-9-24-21(31)32-14/h4-7,12,14H,2-3,8-10H2,1H3,(H,23,28)(H,24,31)(H,26,30). The van der Waals surface area contributed by atoms with Crippen molar-refractivity contribution in [3.05, 3.63) is 45.5 Å². The van der Waals surface area contributed by atoms with Gasteiger partial charge in [0.2, 0.25) is 11.8 Å². The Hall–Kier alpha value is -3.40. The summed E-state index contributed by atoms with van der Waals surface area (Å²) in [7, 11) is 0. The van der Waals surface area contributed by atoms with Crippen molar-refractivity contribution in [2.75, 3.05) is 18.4 Å². The number of aryl methyl sites for hydroxylation is 1. The summed E-state index contributed by atoms with van der Waals surface area (Å²) >= 11 is 6.10. The van der Waals surface area contributed by atoms with Gasteiger partial charge in [0.1, 0.15) is 18.5 Å². The predicted octanol–water partition coefficient (Wildman–Crippen LogP) is 1.45. The second-order valence-corrected chi connectivity index (χ2v) is 8.22. The van der Waals surface area contributed by atoms with E-state index in [4.69, 9.17) is 16.3 Å². The van der Waals surface area contributed by atoms with Crippen LogP contribution in [0.5, 0.6) is 0 Å². The van der Waals surface area contributed by atoms with E-state index in [-0.39, 0.29) is 24.9 Å². The molecule has 2 fully saturated rings. The third kappa shape index (κ3) is 5.08. The summed E-state index contributed by atoms with van der Waals surface area (Å²) < 4.78 is 6.20. The lowest BCUT2D eigenvalue weighted by molar-refractivity contribution is -0.122. The second kappa shape index (κ2) is 8.99. The molecule has 0 radical (unpaired) electrons. The average Bonchev–Trinajstić information content (AvgIpc) is 3.51. The number of aromatic nitrogens is 2. The number of hydrogen-bond acceptors (Lipinski definition) is 6. The molecule has 2 heterocycles. The molecule has 32 heavy (non-hydrogen) atoms. The maximum atomic E-state index is 12.7. The largest absolute Gasteiger partial charge is 0.442 e. The molecule has 1 aromatic heterocycles. The number of ether oxygens (including phenoxy) is 1. The second-order valence-electron chi connectivity index (χ2n) is 7.78. The van der Waals surface area contributed by atoms with E-state index >= 15 is 0 Å². The van der Waals surface area contributed by atoms with E-state index in [1.165, 1.54) is 10.6 Å². The molecule has 1 saturated heterocycles. The van der Waals surface area contributed by atoms with Gasteiger partial charge in [0, 0.05) is 22.6 Å². The summed E-state index contributed by atoms with van der Waals surface area (Å²) in [5.41, 5.74) is 1.01. The van der Waals surface area contributed by atoms with Gasteiger partial charge >= 0.3 is 6.09 Å². The number of carbonyl (C=O) groups excluding carboxylic acids is 3. The SMILES string of the molecule is Cc1nc(-c2ccc(Cl)cc2NC(=O)C2CC2)cc(=O)n1CC(=O)NCC1CNC(=O)O1. The molecule has 1 saturated carbocycles. The number of amides is 3. The molecule has 1 aliphatic heterocycles. The Kier molecular flexibility index (Phi) is 6.13. The van der Waals surface area contributed by atoms with Crippen LogP contribution in [0.2, 0.25) is 5.02 Å². The van der Waals surface area contributed by atoms with Crippen molar-refractivity contribution in [3.8, 4) is 11.3 Å². The molecular formula is C21H22ClN5O5. The zero-order valence-corrected chi connectivity index (χ0v) is 18.1. The molecule has 1 aromatic carbocycles. The normalized spacial score (nSPS) is 17.4. The molecular weight excluding hydrogens is 438 g/mol. The molecule has 1 unspecified atom stereocenters. The maximum absolute atomic E-state index is 12.7. The highest BCUT2D eigenvalue weighted by molar-refractivity contribution is 6.31. The van der Waals surface area contributed by atoms with Gasteiger partial charge < -0.3 is 20.7 Å². The van der Waals surface area contributed by atoms with Crippen molar-refractivity contribution in [1.29, 1.82) is 0 Å². The Morgan fingerprint density at radius 3 is 2.72 bits per heavy atom. The van der Waals surface area contributed by atoms with Crippen molar-refractivity contribution in [1.82, 2.24) is 20.2 Å². The van der Waals surface area contributed by atoms with Gasteiger partial charge in [0.05, 0.1) is 24.5 Å². The number of nitrogens with one attached hydrogen (secondary N) is 3. The number of benzene rings is 1. The van der Waals surface area contributed by atoms with Gasteiger partial charge in [-0.05, 0) is 38.0 Å². The molecule has 11 heteroatoms. The first-order valence-electron chi connectivity index (χ1n) is 10.2. The first-order valence-corrected chi connectivity index (χ1v) is 10.6. The molecule has 4 rings (SSSR count). The monoisotopic (exact) mass is 459 g/mol. The van der Waals surface area contributed by atoms with E-state index in [0.717, 1.165) is 12.8 Å². The van der Waals surface area contributed by atoms with Crippen LogP contribution < -0.4 is 21.5 Å².